The fourth-order valence-corrected chi connectivity index (χ4v) is 2.18. The van der Waals surface area contributed by atoms with Gasteiger partial charge < -0.3 is 10.1 Å². The second kappa shape index (κ2) is 8.68. The number of esters is 1. The minimum Gasteiger partial charge on any atom is -0.452 e. The molecule has 0 bridgehead atoms. The number of ether oxygens (including phenoxy) is 1. The molecule has 0 saturated carbocycles. The van der Waals surface area contributed by atoms with Crippen molar-refractivity contribution in [3.05, 3.63) is 70.5 Å². The lowest BCUT2D eigenvalue weighted by atomic mass is 10.1. The highest BCUT2D eigenvalue weighted by atomic mass is 35.5. The van der Waals surface area contributed by atoms with Crippen LogP contribution in [0.3, 0.4) is 0 Å². The van der Waals surface area contributed by atoms with Crippen LogP contribution >= 0.6 is 11.6 Å². The number of nitrogens with one attached hydrogen (secondary N) is 1. The third-order valence-corrected chi connectivity index (χ3v) is 3.40. The lowest BCUT2D eigenvalue weighted by Crippen LogP contribution is -2.22. The summed E-state index contributed by atoms with van der Waals surface area (Å²) in [6.45, 7) is -0.799. The van der Waals surface area contributed by atoms with Crippen molar-refractivity contribution < 1.29 is 31.9 Å². The maximum Gasteiger partial charge on any atom is 0.418 e. The minimum absolute atomic E-state index is 0.144. The van der Waals surface area contributed by atoms with Gasteiger partial charge in [0.25, 0.3) is 5.91 Å². The van der Waals surface area contributed by atoms with Crippen molar-refractivity contribution in [3.63, 3.8) is 0 Å². The van der Waals surface area contributed by atoms with Crippen LogP contribution in [0.2, 0.25) is 5.02 Å². The first-order chi connectivity index (χ1) is 12.6. The molecular formula is C18H12ClF4NO3. The Bertz CT molecular complexity index is 881. The van der Waals surface area contributed by atoms with Crippen molar-refractivity contribution in [2.45, 2.75) is 6.18 Å². The van der Waals surface area contributed by atoms with E-state index < -0.39 is 41.7 Å². The first kappa shape index (κ1) is 20.4. The van der Waals surface area contributed by atoms with Crippen LogP contribution in [0.1, 0.15) is 11.1 Å². The lowest BCUT2D eigenvalue weighted by Gasteiger charge is -2.14. The Morgan fingerprint density at radius 2 is 1.89 bits per heavy atom. The molecule has 0 saturated heterocycles. The zero-order valence-electron chi connectivity index (χ0n) is 13.5. The van der Waals surface area contributed by atoms with Crippen molar-refractivity contribution in [2.75, 3.05) is 11.9 Å². The van der Waals surface area contributed by atoms with Crippen LogP contribution in [0.15, 0.2) is 48.5 Å². The van der Waals surface area contributed by atoms with Gasteiger partial charge in [0, 0.05) is 11.1 Å². The minimum atomic E-state index is -4.72. The Morgan fingerprint density at radius 1 is 1.15 bits per heavy atom. The largest absolute Gasteiger partial charge is 0.452 e. The molecule has 0 aliphatic rings. The Hall–Kier alpha value is -2.87. The van der Waals surface area contributed by atoms with E-state index in [0.717, 1.165) is 12.1 Å². The van der Waals surface area contributed by atoms with Gasteiger partial charge in [-0.05, 0) is 42.0 Å². The second-order valence-corrected chi connectivity index (χ2v) is 5.67. The van der Waals surface area contributed by atoms with Crippen LogP contribution in [0.5, 0.6) is 0 Å². The van der Waals surface area contributed by atoms with E-state index in [1.165, 1.54) is 30.3 Å². The number of amides is 1. The van der Waals surface area contributed by atoms with Gasteiger partial charge in [-0.25, -0.2) is 9.18 Å². The van der Waals surface area contributed by atoms with Gasteiger partial charge in [-0.1, -0.05) is 23.7 Å². The summed E-state index contributed by atoms with van der Waals surface area (Å²) in [6, 6.07) is 8.23. The molecule has 0 fully saturated rings. The fraction of sp³-hybridized carbons (Fsp3) is 0.111. The molecule has 2 rings (SSSR count). The van der Waals surface area contributed by atoms with E-state index in [4.69, 9.17) is 11.6 Å². The molecule has 0 spiro atoms. The fourth-order valence-electron chi connectivity index (χ4n) is 2.01. The van der Waals surface area contributed by atoms with Gasteiger partial charge in [-0.2, -0.15) is 13.2 Å². The second-order valence-electron chi connectivity index (χ2n) is 5.23. The molecule has 1 N–H and O–H groups in total. The summed E-state index contributed by atoms with van der Waals surface area (Å²) >= 11 is 5.54. The first-order valence-electron chi connectivity index (χ1n) is 7.42. The van der Waals surface area contributed by atoms with Crippen LogP contribution < -0.4 is 5.32 Å². The van der Waals surface area contributed by atoms with E-state index in [1.54, 1.807) is 6.07 Å². The maximum absolute atomic E-state index is 13.0. The third-order valence-electron chi connectivity index (χ3n) is 3.17. The summed E-state index contributed by atoms with van der Waals surface area (Å²) in [4.78, 5) is 23.3. The van der Waals surface area contributed by atoms with E-state index in [-0.39, 0.29) is 5.02 Å². The van der Waals surface area contributed by atoms with Crippen molar-refractivity contribution in [1.29, 1.82) is 0 Å². The van der Waals surface area contributed by atoms with E-state index in [9.17, 15) is 27.2 Å². The standard InChI is InChI=1S/C18H12ClF4NO3/c19-12-5-6-15(14(9-12)18(21,22)23)24-16(25)10-27-17(26)7-4-11-2-1-3-13(20)8-11/h1-9H,10H2,(H,24,25)/b7-4+. The Balaban J connectivity index is 1.94. The van der Waals surface area contributed by atoms with Crippen molar-refractivity contribution >= 4 is 35.2 Å². The molecule has 27 heavy (non-hydrogen) atoms. The van der Waals surface area contributed by atoms with E-state index in [1.807, 2.05) is 5.32 Å². The monoisotopic (exact) mass is 401 g/mol. The van der Waals surface area contributed by atoms with Crippen LogP contribution in [0.25, 0.3) is 6.08 Å². The van der Waals surface area contributed by atoms with Gasteiger partial charge in [-0.15, -0.1) is 0 Å². The number of carbonyl (C=O) groups is 2. The zero-order valence-corrected chi connectivity index (χ0v) is 14.3. The predicted molar refractivity (Wildman–Crippen MR) is 91.5 cm³/mol. The van der Waals surface area contributed by atoms with Crippen molar-refractivity contribution in [2.24, 2.45) is 0 Å². The highest BCUT2D eigenvalue weighted by Crippen LogP contribution is 2.36. The quantitative estimate of drug-likeness (QED) is 0.449. The molecule has 0 aliphatic heterocycles. The molecule has 0 radical (unpaired) electrons. The number of halogens is 5. The number of hydrogen-bond donors (Lipinski definition) is 1. The smallest absolute Gasteiger partial charge is 0.418 e. The summed E-state index contributed by atoms with van der Waals surface area (Å²) in [5.41, 5.74) is -1.24. The Kier molecular flexibility index (Phi) is 6.57. The van der Waals surface area contributed by atoms with E-state index in [0.29, 0.717) is 11.6 Å². The third kappa shape index (κ3) is 6.41. The summed E-state index contributed by atoms with van der Waals surface area (Å²) in [7, 11) is 0. The van der Waals surface area contributed by atoms with Crippen LogP contribution in [-0.2, 0) is 20.5 Å². The number of benzene rings is 2. The molecule has 9 heteroatoms. The van der Waals surface area contributed by atoms with Gasteiger partial charge in [0.05, 0.1) is 11.3 Å². The number of alkyl halides is 3. The lowest BCUT2D eigenvalue weighted by molar-refractivity contribution is -0.142. The van der Waals surface area contributed by atoms with Gasteiger partial charge in [0.15, 0.2) is 6.61 Å². The summed E-state index contributed by atoms with van der Waals surface area (Å²) < 4.78 is 56.5. The highest BCUT2D eigenvalue weighted by Gasteiger charge is 2.34. The van der Waals surface area contributed by atoms with Gasteiger partial charge in [0.1, 0.15) is 5.82 Å². The number of anilines is 1. The van der Waals surface area contributed by atoms with Gasteiger partial charge >= 0.3 is 12.1 Å². The average Bonchev–Trinajstić information content (AvgIpc) is 2.59. The van der Waals surface area contributed by atoms with Crippen LogP contribution in [-0.4, -0.2) is 18.5 Å². The van der Waals surface area contributed by atoms with Crippen molar-refractivity contribution in [3.8, 4) is 0 Å². The summed E-state index contributed by atoms with van der Waals surface area (Å²) in [5, 5.41) is 1.87. The predicted octanol–water partition coefficient (Wildman–Crippen LogP) is 4.69. The number of carbonyl (C=O) groups excluding carboxylic acids is 2. The van der Waals surface area contributed by atoms with Gasteiger partial charge in [-0.3, -0.25) is 4.79 Å². The normalized spacial score (nSPS) is 11.4. The van der Waals surface area contributed by atoms with Gasteiger partial charge in [0.2, 0.25) is 0 Å². The Morgan fingerprint density at radius 3 is 2.56 bits per heavy atom. The molecule has 0 unspecified atom stereocenters. The topological polar surface area (TPSA) is 55.4 Å². The summed E-state index contributed by atoms with van der Waals surface area (Å²) in [6.07, 6.45) is -2.49. The zero-order chi connectivity index (χ0) is 20.0. The SMILES string of the molecule is O=C(COC(=O)/C=C/c1cccc(F)c1)Nc1ccc(Cl)cc1C(F)(F)F. The molecule has 2 aromatic rings. The molecule has 0 atom stereocenters. The van der Waals surface area contributed by atoms with Crippen molar-refractivity contribution in [1.82, 2.24) is 0 Å². The first-order valence-corrected chi connectivity index (χ1v) is 7.80. The maximum atomic E-state index is 13.0. The Labute approximate surface area is 156 Å². The summed E-state index contributed by atoms with van der Waals surface area (Å²) in [5.74, 6) is -2.37. The molecule has 0 aromatic heterocycles. The average molecular weight is 402 g/mol. The van der Waals surface area contributed by atoms with Crippen LogP contribution in [0, 0.1) is 5.82 Å². The van der Waals surface area contributed by atoms with E-state index >= 15 is 0 Å². The molecule has 0 aliphatic carbocycles. The molecule has 1 amide bonds. The van der Waals surface area contributed by atoms with Crippen LogP contribution in [0.4, 0.5) is 23.2 Å². The molecule has 0 heterocycles. The molecule has 142 valence electrons. The molecule has 2 aromatic carbocycles. The number of hydrogen-bond acceptors (Lipinski definition) is 3. The van der Waals surface area contributed by atoms with E-state index in [2.05, 4.69) is 4.74 Å². The molecular weight excluding hydrogens is 390 g/mol. The molecule has 4 nitrogen and oxygen atoms in total. The number of rotatable bonds is 5. The highest BCUT2D eigenvalue weighted by molar-refractivity contribution is 6.30.